The zero-order valence-electron chi connectivity index (χ0n) is 11.6. The molecule has 0 aromatic heterocycles. The van der Waals surface area contributed by atoms with Crippen molar-refractivity contribution in [3.05, 3.63) is 48.0 Å². The second-order valence-electron chi connectivity index (χ2n) is 4.72. The van der Waals surface area contributed by atoms with Gasteiger partial charge in [0, 0.05) is 11.8 Å². The molecule has 0 fully saturated rings. The van der Waals surface area contributed by atoms with Crippen LogP contribution < -0.4 is 19.5 Å². The highest BCUT2D eigenvalue weighted by molar-refractivity contribution is 5.92. The largest absolute Gasteiger partial charge is 0.484 e. The summed E-state index contributed by atoms with van der Waals surface area (Å²) < 4.78 is 15.9. The van der Waals surface area contributed by atoms with E-state index >= 15 is 0 Å². The molecule has 0 aliphatic carbocycles. The van der Waals surface area contributed by atoms with Gasteiger partial charge in [0.1, 0.15) is 5.75 Å². The molecule has 0 bridgehead atoms. The molecular weight excluding hydrogens is 270 g/mol. The van der Waals surface area contributed by atoms with E-state index in [0.717, 1.165) is 5.56 Å². The van der Waals surface area contributed by atoms with E-state index in [0.29, 0.717) is 22.9 Å². The molecule has 5 heteroatoms. The van der Waals surface area contributed by atoms with Crippen LogP contribution in [0.15, 0.2) is 42.5 Å². The Morgan fingerprint density at radius 1 is 1.14 bits per heavy atom. The summed E-state index contributed by atoms with van der Waals surface area (Å²) in [4.78, 5) is 11.8. The molecule has 0 saturated heterocycles. The molecule has 2 aromatic carbocycles. The van der Waals surface area contributed by atoms with Crippen molar-refractivity contribution in [2.45, 2.75) is 6.92 Å². The van der Waals surface area contributed by atoms with E-state index in [4.69, 9.17) is 14.2 Å². The van der Waals surface area contributed by atoms with Crippen molar-refractivity contribution in [1.29, 1.82) is 0 Å². The van der Waals surface area contributed by atoms with Crippen LogP contribution in [0, 0.1) is 6.92 Å². The summed E-state index contributed by atoms with van der Waals surface area (Å²) in [5.74, 6) is 1.76. The van der Waals surface area contributed by atoms with E-state index in [1.807, 2.05) is 31.2 Å². The average molecular weight is 285 g/mol. The molecular formula is C16H15NO4. The van der Waals surface area contributed by atoms with E-state index < -0.39 is 0 Å². The van der Waals surface area contributed by atoms with Crippen LogP contribution in [-0.2, 0) is 4.79 Å². The zero-order valence-corrected chi connectivity index (χ0v) is 11.6. The van der Waals surface area contributed by atoms with Gasteiger partial charge in [-0.1, -0.05) is 17.7 Å². The first-order valence-corrected chi connectivity index (χ1v) is 6.60. The lowest BCUT2D eigenvalue weighted by atomic mass is 10.2. The molecule has 3 rings (SSSR count). The van der Waals surface area contributed by atoms with Gasteiger partial charge in [0.2, 0.25) is 6.79 Å². The molecule has 0 radical (unpaired) electrons. The lowest BCUT2D eigenvalue weighted by Crippen LogP contribution is -2.20. The Balaban J connectivity index is 1.55. The number of hydrogen-bond acceptors (Lipinski definition) is 4. The fourth-order valence-corrected chi connectivity index (χ4v) is 1.95. The third kappa shape index (κ3) is 3.25. The maximum atomic E-state index is 11.8. The van der Waals surface area contributed by atoms with Crippen LogP contribution in [-0.4, -0.2) is 19.3 Å². The van der Waals surface area contributed by atoms with Crippen LogP contribution in [0.5, 0.6) is 17.2 Å². The van der Waals surface area contributed by atoms with Crippen molar-refractivity contribution in [3.63, 3.8) is 0 Å². The quantitative estimate of drug-likeness (QED) is 0.938. The number of rotatable bonds is 4. The Labute approximate surface area is 122 Å². The van der Waals surface area contributed by atoms with Crippen LogP contribution in [0.4, 0.5) is 5.69 Å². The van der Waals surface area contributed by atoms with E-state index in [1.165, 1.54) is 0 Å². The van der Waals surface area contributed by atoms with E-state index in [1.54, 1.807) is 18.2 Å². The van der Waals surface area contributed by atoms with Gasteiger partial charge in [0.25, 0.3) is 5.91 Å². The smallest absolute Gasteiger partial charge is 0.262 e. The highest BCUT2D eigenvalue weighted by Gasteiger charge is 2.14. The number of fused-ring (bicyclic) bond motifs is 1. The van der Waals surface area contributed by atoms with E-state index in [9.17, 15) is 4.79 Å². The summed E-state index contributed by atoms with van der Waals surface area (Å²) in [7, 11) is 0. The molecule has 1 aliphatic heterocycles. The topological polar surface area (TPSA) is 56.8 Å². The number of nitrogens with one attached hydrogen (secondary N) is 1. The van der Waals surface area contributed by atoms with Crippen molar-refractivity contribution in [2.24, 2.45) is 0 Å². The van der Waals surface area contributed by atoms with Crippen LogP contribution in [0.1, 0.15) is 5.56 Å². The molecule has 2 aromatic rings. The third-order valence-corrected chi connectivity index (χ3v) is 3.05. The van der Waals surface area contributed by atoms with Gasteiger partial charge >= 0.3 is 0 Å². The Morgan fingerprint density at radius 2 is 1.90 bits per heavy atom. The first kappa shape index (κ1) is 13.3. The molecule has 1 N–H and O–H groups in total. The SMILES string of the molecule is Cc1ccc(OCC(=O)Nc2ccc3c(c2)OCO3)cc1. The maximum Gasteiger partial charge on any atom is 0.262 e. The number of ether oxygens (including phenoxy) is 3. The minimum atomic E-state index is -0.227. The predicted octanol–water partition coefficient (Wildman–Crippen LogP) is 2.74. The Morgan fingerprint density at radius 3 is 2.71 bits per heavy atom. The molecule has 1 amide bonds. The summed E-state index contributed by atoms with van der Waals surface area (Å²) in [5, 5.41) is 2.75. The van der Waals surface area contributed by atoms with Crippen molar-refractivity contribution in [1.82, 2.24) is 0 Å². The standard InChI is InChI=1S/C16H15NO4/c1-11-2-5-13(6-3-11)19-9-16(18)17-12-4-7-14-15(8-12)21-10-20-14/h2-8H,9-10H2,1H3,(H,17,18). The van der Waals surface area contributed by atoms with Gasteiger partial charge in [-0.2, -0.15) is 0 Å². The van der Waals surface area contributed by atoms with Crippen LogP contribution in [0.25, 0.3) is 0 Å². The summed E-state index contributed by atoms with van der Waals surface area (Å²) in [6.07, 6.45) is 0. The van der Waals surface area contributed by atoms with Gasteiger partial charge in [-0.15, -0.1) is 0 Å². The molecule has 0 saturated carbocycles. The van der Waals surface area contributed by atoms with Gasteiger partial charge in [-0.25, -0.2) is 0 Å². The fraction of sp³-hybridized carbons (Fsp3) is 0.188. The number of carbonyl (C=O) groups excluding carboxylic acids is 1. The number of anilines is 1. The first-order chi connectivity index (χ1) is 10.2. The minimum Gasteiger partial charge on any atom is -0.484 e. The fourth-order valence-electron chi connectivity index (χ4n) is 1.95. The third-order valence-electron chi connectivity index (χ3n) is 3.05. The second kappa shape index (κ2) is 5.75. The zero-order chi connectivity index (χ0) is 14.7. The molecule has 108 valence electrons. The highest BCUT2D eigenvalue weighted by Crippen LogP contribution is 2.34. The van der Waals surface area contributed by atoms with E-state index in [2.05, 4.69) is 5.32 Å². The maximum absolute atomic E-state index is 11.8. The summed E-state index contributed by atoms with van der Waals surface area (Å²) >= 11 is 0. The second-order valence-corrected chi connectivity index (χ2v) is 4.72. The lowest BCUT2D eigenvalue weighted by molar-refractivity contribution is -0.118. The molecule has 0 atom stereocenters. The number of aryl methyl sites for hydroxylation is 1. The number of hydrogen-bond donors (Lipinski definition) is 1. The molecule has 1 heterocycles. The minimum absolute atomic E-state index is 0.0441. The van der Waals surface area contributed by atoms with Crippen molar-refractivity contribution >= 4 is 11.6 Å². The molecule has 21 heavy (non-hydrogen) atoms. The predicted molar refractivity (Wildman–Crippen MR) is 77.9 cm³/mol. The molecule has 0 spiro atoms. The molecule has 1 aliphatic rings. The Bertz CT molecular complexity index is 652. The lowest BCUT2D eigenvalue weighted by Gasteiger charge is -2.08. The normalized spacial score (nSPS) is 12.0. The van der Waals surface area contributed by atoms with Crippen molar-refractivity contribution < 1.29 is 19.0 Å². The number of amides is 1. The van der Waals surface area contributed by atoms with Gasteiger partial charge in [-0.3, -0.25) is 4.79 Å². The van der Waals surface area contributed by atoms with Crippen LogP contribution >= 0.6 is 0 Å². The van der Waals surface area contributed by atoms with E-state index in [-0.39, 0.29) is 19.3 Å². The summed E-state index contributed by atoms with van der Waals surface area (Å²) in [6.45, 7) is 2.16. The monoisotopic (exact) mass is 285 g/mol. The summed E-state index contributed by atoms with van der Waals surface area (Å²) in [5.41, 5.74) is 1.80. The van der Waals surface area contributed by atoms with Gasteiger partial charge < -0.3 is 19.5 Å². The summed E-state index contributed by atoms with van der Waals surface area (Å²) in [6, 6.07) is 12.8. The highest BCUT2D eigenvalue weighted by atomic mass is 16.7. The van der Waals surface area contributed by atoms with Crippen molar-refractivity contribution in [3.8, 4) is 17.2 Å². The number of carbonyl (C=O) groups is 1. The van der Waals surface area contributed by atoms with Crippen LogP contribution in [0.2, 0.25) is 0 Å². The van der Waals surface area contributed by atoms with Gasteiger partial charge in [0.05, 0.1) is 0 Å². The first-order valence-electron chi connectivity index (χ1n) is 6.60. The van der Waals surface area contributed by atoms with Crippen molar-refractivity contribution in [2.75, 3.05) is 18.7 Å². The van der Waals surface area contributed by atoms with Crippen LogP contribution in [0.3, 0.4) is 0 Å². The molecule has 0 unspecified atom stereocenters. The Hall–Kier alpha value is -2.69. The molecule has 5 nitrogen and oxygen atoms in total. The van der Waals surface area contributed by atoms with Gasteiger partial charge in [-0.05, 0) is 31.2 Å². The number of benzene rings is 2. The Kier molecular flexibility index (Phi) is 3.64. The van der Waals surface area contributed by atoms with Gasteiger partial charge in [0.15, 0.2) is 18.1 Å². The average Bonchev–Trinajstić information content (AvgIpc) is 2.94.